The molecule has 20 heavy (non-hydrogen) atoms. The molecule has 108 valence electrons. The van der Waals surface area contributed by atoms with Crippen LogP contribution in [0, 0.1) is 0 Å². The number of nitrogens with two attached hydrogens (primary N) is 1. The number of fused-ring (bicyclic) bond motifs is 1. The molecule has 1 aromatic carbocycles. The van der Waals surface area contributed by atoms with Gasteiger partial charge in [0.15, 0.2) is 0 Å². The Kier molecular flexibility index (Phi) is 4.37. The minimum absolute atomic E-state index is 0.0538. The topological polar surface area (TPSA) is 85.1 Å². The molecule has 0 bridgehead atoms. The predicted molar refractivity (Wildman–Crippen MR) is 79.8 cm³/mol. The van der Waals surface area contributed by atoms with Gasteiger partial charge in [-0.1, -0.05) is 6.07 Å². The van der Waals surface area contributed by atoms with Crippen molar-refractivity contribution in [1.29, 1.82) is 0 Å². The van der Waals surface area contributed by atoms with E-state index >= 15 is 0 Å². The largest absolute Gasteiger partial charge is 0.328 e. The van der Waals surface area contributed by atoms with E-state index in [0.29, 0.717) is 17.3 Å². The summed E-state index contributed by atoms with van der Waals surface area (Å²) in [6.45, 7) is 3.66. The van der Waals surface area contributed by atoms with Gasteiger partial charge in [-0.15, -0.1) is 0 Å². The van der Waals surface area contributed by atoms with Gasteiger partial charge in [-0.2, -0.15) is 0 Å². The number of hydrogen-bond donors (Lipinski definition) is 2. The normalized spacial score (nSPS) is 15.2. The fraction of sp³-hybridized carbons (Fsp3) is 0.357. The van der Waals surface area contributed by atoms with Crippen molar-refractivity contribution in [2.75, 3.05) is 0 Å². The summed E-state index contributed by atoms with van der Waals surface area (Å²) >= 11 is 0. The first-order chi connectivity index (χ1) is 9.40. The lowest BCUT2D eigenvalue weighted by molar-refractivity contribution is 0.520. The Morgan fingerprint density at radius 1 is 1.25 bits per heavy atom. The summed E-state index contributed by atoms with van der Waals surface area (Å²) in [4.78, 5) is 4.42. The predicted octanol–water partition coefficient (Wildman–Crippen LogP) is 1.64. The van der Waals surface area contributed by atoms with Crippen LogP contribution in [0.3, 0.4) is 0 Å². The number of nitrogens with one attached hydrogen (secondary N) is 1. The Balaban J connectivity index is 2.37. The summed E-state index contributed by atoms with van der Waals surface area (Å²) in [5.41, 5.74) is 6.36. The summed E-state index contributed by atoms with van der Waals surface area (Å²) in [7, 11) is -3.58. The van der Waals surface area contributed by atoms with Crippen LogP contribution in [-0.4, -0.2) is 25.5 Å². The average Bonchev–Trinajstić information content (AvgIpc) is 2.36. The zero-order chi connectivity index (χ0) is 14.8. The SMILES string of the molecule is CC(N)CC(C)NS(=O)(=O)c1cccc2ncccc12. The fourth-order valence-corrected chi connectivity index (χ4v) is 3.72. The lowest BCUT2D eigenvalue weighted by atomic mass is 10.1. The molecule has 0 aliphatic carbocycles. The molecule has 1 aromatic heterocycles. The Morgan fingerprint density at radius 2 is 2.00 bits per heavy atom. The van der Waals surface area contributed by atoms with Crippen LogP contribution in [0.5, 0.6) is 0 Å². The maximum atomic E-state index is 12.5. The lowest BCUT2D eigenvalue weighted by Crippen LogP contribution is -2.36. The molecule has 2 atom stereocenters. The third-order valence-corrected chi connectivity index (χ3v) is 4.62. The smallest absolute Gasteiger partial charge is 0.241 e. The van der Waals surface area contributed by atoms with Crippen LogP contribution in [-0.2, 0) is 10.0 Å². The first-order valence-corrected chi connectivity index (χ1v) is 8.00. The van der Waals surface area contributed by atoms with Gasteiger partial charge in [0.25, 0.3) is 0 Å². The molecule has 0 saturated carbocycles. The van der Waals surface area contributed by atoms with Crippen molar-refractivity contribution in [2.45, 2.75) is 37.2 Å². The summed E-state index contributed by atoms with van der Waals surface area (Å²) in [5.74, 6) is 0. The van der Waals surface area contributed by atoms with E-state index in [2.05, 4.69) is 9.71 Å². The van der Waals surface area contributed by atoms with Gasteiger partial charge in [0.05, 0.1) is 10.4 Å². The number of aromatic nitrogens is 1. The van der Waals surface area contributed by atoms with E-state index in [4.69, 9.17) is 5.73 Å². The van der Waals surface area contributed by atoms with Gasteiger partial charge in [0.2, 0.25) is 10.0 Å². The van der Waals surface area contributed by atoms with E-state index in [1.54, 1.807) is 36.5 Å². The van der Waals surface area contributed by atoms with Crippen molar-refractivity contribution in [3.8, 4) is 0 Å². The van der Waals surface area contributed by atoms with E-state index in [9.17, 15) is 8.42 Å². The van der Waals surface area contributed by atoms with Crippen LogP contribution < -0.4 is 10.5 Å². The molecule has 1 heterocycles. The van der Waals surface area contributed by atoms with E-state index in [1.165, 1.54) is 0 Å². The molecule has 0 saturated heterocycles. The number of nitrogens with zero attached hydrogens (tertiary/aromatic N) is 1. The highest BCUT2D eigenvalue weighted by atomic mass is 32.2. The summed E-state index contributed by atoms with van der Waals surface area (Å²) < 4.78 is 27.6. The van der Waals surface area contributed by atoms with Gasteiger partial charge < -0.3 is 5.73 Å². The second-order valence-electron chi connectivity index (χ2n) is 5.06. The monoisotopic (exact) mass is 293 g/mol. The number of rotatable bonds is 5. The molecule has 0 radical (unpaired) electrons. The molecular weight excluding hydrogens is 274 g/mol. The van der Waals surface area contributed by atoms with E-state index < -0.39 is 10.0 Å². The van der Waals surface area contributed by atoms with Crippen LogP contribution in [0.2, 0.25) is 0 Å². The molecule has 0 spiro atoms. The van der Waals surface area contributed by atoms with Gasteiger partial charge in [0, 0.05) is 23.7 Å². The molecule has 2 aromatic rings. The van der Waals surface area contributed by atoms with Crippen LogP contribution in [0.4, 0.5) is 0 Å². The van der Waals surface area contributed by atoms with Crippen molar-refractivity contribution in [3.63, 3.8) is 0 Å². The van der Waals surface area contributed by atoms with Gasteiger partial charge in [0.1, 0.15) is 0 Å². The van der Waals surface area contributed by atoms with Crippen molar-refractivity contribution >= 4 is 20.9 Å². The number of hydrogen-bond acceptors (Lipinski definition) is 4. The van der Waals surface area contributed by atoms with Crippen molar-refractivity contribution in [1.82, 2.24) is 9.71 Å². The van der Waals surface area contributed by atoms with Gasteiger partial charge >= 0.3 is 0 Å². The summed E-state index contributed by atoms with van der Waals surface area (Å²) in [6, 6.07) is 8.29. The molecular formula is C14H19N3O2S. The van der Waals surface area contributed by atoms with E-state index in [-0.39, 0.29) is 17.0 Å². The highest BCUT2D eigenvalue weighted by Gasteiger charge is 2.20. The molecule has 0 amide bonds. The summed E-state index contributed by atoms with van der Waals surface area (Å²) in [6.07, 6.45) is 2.23. The van der Waals surface area contributed by atoms with Crippen LogP contribution in [0.25, 0.3) is 10.9 Å². The molecule has 5 nitrogen and oxygen atoms in total. The highest BCUT2D eigenvalue weighted by molar-refractivity contribution is 7.89. The molecule has 0 aliphatic heterocycles. The highest BCUT2D eigenvalue weighted by Crippen LogP contribution is 2.21. The standard InChI is InChI=1S/C14H19N3O2S/c1-10(15)9-11(2)17-20(18,19)14-7-3-6-13-12(14)5-4-8-16-13/h3-8,10-11,17H,9,15H2,1-2H3. The van der Waals surface area contributed by atoms with E-state index in [1.807, 2.05) is 13.8 Å². The van der Waals surface area contributed by atoms with Crippen molar-refractivity contribution in [3.05, 3.63) is 36.5 Å². The molecule has 0 aliphatic rings. The fourth-order valence-electron chi connectivity index (χ4n) is 2.24. The first kappa shape index (κ1) is 14.9. The van der Waals surface area contributed by atoms with Crippen LogP contribution in [0.15, 0.2) is 41.4 Å². The molecule has 2 unspecified atom stereocenters. The quantitative estimate of drug-likeness (QED) is 0.877. The van der Waals surface area contributed by atoms with E-state index in [0.717, 1.165) is 0 Å². The molecule has 6 heteroatoms. The molecule has 0 fully saturated rings. The van der Waals surface area contributed by atoms with Crippen LogP contribution >= 0.6 is 0 Å². The Morgan fingerprint density at radius 3 is 2.70 bits per heavy atom. The number of sulfonamides is 1. The maximum Gasteiger partial charge on any atom is 0.241 e. The van der Waals surface area contributed by atoms with Crippen molar-refractivity contribution in [2.24, 2.45) is 5.73 Å². The molecule has 2 rings (SSSR count). The second-order valence-corrected chi connectivity index (χ2v) is 6.74. The van der Waals surface area contributed by atoms with Gasteiger partial charge in [-0.05, 0) is 44.5 Å². The second kappa shape index (κ2) is 5.87. The average molecular weight is 293 g/mol. The van der Waals surface area contributed by atoms with Gasteiger partial charge in [-0.3, -0.25) is 4.98 Å². The maximum absolute atomic E-state index is 12.5. The number of benzene rings is 1. The van der Waals surface area contributed by atoms with Crippen molar-refractivity contribution < 1.29 is 8.42 Å². The summed E-state index contributed by atoms with van der Waals surface area (Å²) in [5, 5.41) is 0.621. The Labute approximate surface area is 119 Å². The third-order valence-electron chi connectivity index (χ3n) is 2.98. The minimum Gasteiger partial charge on any atom is -0.328 e. The minimum atomic E-state index is -3.58. The first-order valence-electron chi connectivity index (χ1n) is 6.52. The van der Waals surface area contributed by atoms with Gasteiger partial charge in [-0.25, -0.2) is 13.1 Å². The zero-order valence-electron chi connectivity index (χ0n) is 11.6. The van der Waals surface area contributed by atoms with Crippen LogP contribution in [0.1, 0.15) is 20.3 Å². The lowest BCUT2D eigenvalue weighted by Gasteiger charge is -2.16. The Bertz CT molecular complexity index is 693. The zero-order valence-corrected chi connectivity index (χ0v) is 12.4. The number of pyridine rings is 1. The molecule has 3 N–H and O–H groups in total. The third kappa shape index (κ3) is 3.33. The Hall–Kier alpha value is -1.50.